The van der Waals surface area contributed by atoms with Crippen molar-refractivity contribution in [2.45, 2.75) is 24.5 Å². The van der Waals surface area contributed by atoms with Gasteiger partial charge in [-0.15, -0.1) is 0 Å². The van der Waals surface area contributed by atoms with E-state index in [1.54, 1.807) is 6.07 Å². The normalized spacial score (nSPS) is 25.3. The molecule has 3 rings (SSSR count). The Kier molecular flexibility index (Phi) is 5.75. The van der Waals surface area contributed by atoms with Crippen LogP contribution in [-0.2, 0) is 9.53 Å². The van der Waals surface area contributed by atoms with Crippen molar-refractivity contribution in [3.63, 3.8) is 0 Å². The van der Waals surface area contributed by atoms with E-state index in [4.69, 9.17) is 27.9 Å². The molecule has 2 N–H and O–H groups in total. The van der Waals surface area contributed by atoms with Gasteiger partial charge in [0.05, 0.1) is 29.3 Å². The summed E-state index contributed by atoms with van der Waals surface area (Å²) >= 11 is 12.4. The van der Waals surface area contributed by atoms with Crippen LogP contribution in [0, 0.1) is 0 Å². The van der Waals surface area contributed by atoms with Crippen LogP contribution < -0.4 is 0 Å². The quantitative estimate of drug-likeness (QED) is 0.802. The van der Waals surface area contributed by atoms with E-state index in [2.05, 4.69) is 0 Å². The van der Waals surface area contributed by atoms with Crippen molar-refractivity contribution >= 4 is 29.1 Å². The number of phenols is 1. The highest BCUT2D eigenvalue weighted by Gasteiger charge is 2.42. The molecule has 0 aromatic heterocycles. The number of rotatable bonds is 5. The highest BCUT2D eigenvalue weighted by atomic mass is 35.5. The largest absolute Gasteiger partial charge is 0.508 e. The summed E-state index contributed by atoms with van der Waals surface area (Å²) in [6.07, 6.45) is 0.0870. The van der Waals surface area contributed by atoms with Crippen molar-refractivity contribution in [2.24, 2.45) is 0 Å². The molecule has 138 valence electrons. The number of aliphatic hydroxyl groups excluding tert-OH is 1. The second kappa shape index (κ2) is 7.68. The Morgan fingerprint density at radius 1 is 1.36 bits per heavy atom. The smallest absolute Gasteiger partial charge is 0.237 e. The molecule has 0 unspecified atom stereocenters. The summed E-state index contributed by atoms with van der Waals surface area (Å²) in [5.41, 5.74) is 0.613. The predicted octanol–water partition coefficient (Wildman–Crippen LogP) is 1.71. The second-order valence-corrected chi connectivity index (χ2v) is 7.52. The minimum atomic E-state index is -0.618. The maximum Gasteiger partial charge on any atom is 0.237 e. The number of fused-ring (bicyclic) bond motifs is 1. The lowest BCUT2D eigenvalue weighted by atomic mass is 9.95. The summed E-state index contributed by atoms with van der Waals surface area (Å²) in [5, 5.41) is 20.9. The van der Waals surface area contributed by atoms with Crippen LogP contribution in [0.15, 0.2) is 12.1 Å². The summed E-state index contributed by atoms with van der Waals surface area (Å²) in [7, 11) is 1.54. The second-order valence-electron chi connectivity index (χ2n) is 6.73. The van der Waals surface area contributed by atoms with Gasteiger partial charge in [0.2, 0.25) is 5.91 Å². The van der Waals surface area contributed by atoms with E-state index in [0.29, 0.717) is 41.7 Å². The van der Waals surface area contributed by atoms with Crippen molar-refractivity contribution in [2.75, 3.05) is 39.9 Å². The monoisotopic (exact) mass is 388 g/mol. The maximum atomic E-state index is 12.5. The van der Waals surface area contributed by atoms with Gasteiger partial charge in [-0.25, -0.2) is 0 Å². The summed E-state index contributed by atoms with van der Waals surface area (Å²) in [4.78, 5) is 16.3. The molecule has 1 amide bonds. The van der Waals surface area contributed by atoms with E-state index in [1.807, 2.05) is 9.80 Å². The van der Waals surface area contributed by atoms with Gasteiger partial charge in [-0.1, -0.05) is 23.2 Å². The minimum absolute atomic E-state index is 0.0287. The van der Waals surface area contributed by atoms with Crippen LogP contribution >= 0.6 is 23.2 Å². The molecule has 0 saturated carbocycles. The number of ether oxygens (including phenoxy) is 1. The number of hydrogen-bond acceptors (Lipinski definition) is 5. The number of methoxy groups -OCH3 is 1. The number of halogens is 2. The van der Waals surface area contributed by atoms with E-state index in [9.17, 15) is 15.0 Å². The third-order valence-corrected chi connectivity index (χ3v) is 5.73. The van der Waals surface area contributed by atoms with Crippen molar-refractivity contribution in [1.82, 2.24) is 9.80 Å². The lowest BCUT2D eigenvalue weighted by Gasteiger charge is -2.37. The molecule has 0 spiro atoms. The summed E-state index contributed by atoms with van der Waals surface area (Å²) < 4.78 is 4.94. The highest BCUT2D eigenvalue weighted by Crippen LogP contribution is 2.43. The van der Waals surface area contributed by atoms with E-state index < -0.39 is 6.10 Å². The number of phenolic OH excluding ortho intramolecular Hbond substituents is 1. The van der Waals surface area contributed by atoms with Crippen molar-refractivity contribution in [3.8, 4) is 5.75 Å². The number of carbonyl (C=O) groups is 1. The molecule has 2 saturated heterocycles. The number of aromatic hydroxyl groups is 1. The summed E-state index contributed by atoms with van der Waals surface area (Å²) in [6, 6.07) is 3.14. The van der Waals surface area contributed by atoms with E-state index in [1.165, 1.54) is 13.2 Å². The van der Waals surface area contributed by atoms with Gasteiger partial charge in [-0.2, -0.15) is 0 Å². The number of amides is 1. The number of carbonyl (C=O) groups excluding carboxylic acids is 1. The Balaban J connectivity index is 1.73. The van der Waals surface area contributed by atoms with E-state index in [-0.39, 0.29) is 36.8 Å². The van der Waals surface area contributed by atoms with Gasteiger partial charge in [0.15, 0.2) is 0 Å². The fourth-order valence-electron chi connectivity index (χ4n) is 3.88. The van der Waals surface area contributed by atoms with Gasteiger partial charge in [-0.05, 0) is 18.6 Å². The zero-order chi connectivity index (χ0) is 18.1. The Hall–Kier alpha value is -1.05. The van der Waals surface area contributed by atoms with Crippen LogP contribution in [0.1, 0.15) is 17.9 Å². The molecular weight excluding hydrogens is 367 g/mol. The first-order valence-corrected chi connectivity index (χ1v) is 9.02. The van der Waals surface area contributed by atoms with Gasteiger partial charge < -0.3 is 19.8 Å². The van der Waals surface area contributed by atoms with Gasteiger partial charge in [0.1, 0.15) is 5.75 Å². The molecule has 6 nitrogen and oxygen atoms in total. The van der Waals surface area contributed by atoms with Crippen LogP contribution in [0.2, 0.25) is 10.0 Å². The summed E-state index contributed by atoms with van der Waals surface area (Å²) in [5.74, 6) is 0.0871. The zero-order valence-electron chi connectivity index (χ0n) is 14.0. The van der Waals surface area contributed by atoms with Crippen LogP contribution in [-0.4, -0.2) is 78.0 Å². The SMILES string of the molecule is COC[C@H](O)CN1CC(=O)N2C[C@@H](c3c(O)ccc(Cl)c3Cl)C[C@H]2C1. The Morgan fingerprint density at radius 3 is 2.84 bits per heavy atom. The van der Waals surface area contributed by atoms with E-state index >= 15 is 0 Å². The molecule has 1 aromatic carbocycles. The third kappa shape index (κ3) is 3.88. The number of aliphatic hydroxyl groups is 1. The fourth-order valence-corrected chi connectivity index (χ4v) is 4.35. The molecule has 2 aliphatic heterocycles. The van der Waals surface area contributed by atoms with Crippen molar-refractivity contribution < 1.29 is 19.7 Å². The standard InChI is InChI=1S/C17H22Cl2N2O4/c1-25-9-12(22)7-20-6-11-4-10(5-21(11)15(24)8-20)16-14(23)3-2-13(18)17(16)19/h2-3,10-12,22-23H,4-9H2,1H3/t10-,11-,12+/m0/s1. The highest BCUT2D eigenvalue weighted by molar-refractivity contribution is 6.42. The lowest BCUT2D eigenvalue weighted by Crippen LogP contribution is -2.55. The first-order valence-electron chi connectivity index (χ1n) is 8.26. The molecular formula is C17H22Cl2N2O4. The molecule has 0 radical (unpaired) electrons. The number of hydrogen-bond donors (Lipinski definition) is 2. The van der Waals surface area contributed by atoms with Crippen LogP contribution in [0.4, 0.5) is 0 Å². The van der Waals surface area contributed by atoms with Gasteiger partial charge in [0.25, 0.3) is 0 Å². The molecule has 0 bridgehead atoms. The Morgan fingerprint density at radius 2 is 2.12 bits per heavy atom. The molecule has 2 heterocycles. The average molecular weight is 389 g/mol. The summed E-state index contributed by atoms with van der Waals surface area (Å²) in [6.45, 7) is 2.12. The molecule has 0 aliphatic carbocycles. The van der Waals surface area contributed by atoms with Crippen LogP contribution in [0.3, 0.4) is 0 Å². The molecule has 25 heavy (non-hydrogen) atoms. The Bertz CT molecular complexity index is 658. The van der Waals surface area contributed by atoms with Gasteiger partial charge >= 0.3 is 0 Å². The topological polar surface area (TPSA) is 73.2 Å². The van der Waals surface area contributed by atoms with Crippen LogP contribution in [0.25, 0.3) is 0 Å². The molecule has 1 aromatic rings. The first kappa shape index (κ1) is 18.7. The maximum absolute atomic E-state index is 12.5. The predicted molar refractivity (Wildman–Crippen MR) is 95.3 cm³/mol. The number of benzene rings is 1. The average Bonchev–Trinajstić information content (AvgIpc) is 2.96. The van der Waals surface area contributed by atoms with Crippen molar-refractivity contribution in [3.05, 3.63) is 27.7 Å². The fraction of sp³-hybridized carbons (Fsp3) is 0.588. The first-order chi connectivity index (χ1) is 11.9. The molecule has 2 aliphatic rings. The molecule has 8 heteroatoms. The Labute approximate surface area is 156 Å². The van der Waals surface area contributed by atoms with Gasteiger partial charge in [0, 0.05) is 44.3 Å². The van der Waals surface area contributed by atoms with Crippen molar-refractivity contribution in [1.29, 1.82) is 0 Å². The number of piperazine rings is 1. The lowest BCUT2D eigenvalue weighted by molar-refractivity contribution is -0.138. The van der Waals surface area contributed by atoms with Crippen LogP contribution in [0.5, 0.6) is 5.75 Å². The number of β-amino-alcohol motifs (C(OH)–C–C–N with tert-alkyl or cyclic N) is 1. The van der Waals surface area contributed by atoms with Gasteiger partial charge in [-0.3, -0.25) is 9.69 Å². The zero-order valence-corrected chi connectivity index (χ0v) is 15.5. The minimum Gasteiger partial charge on any atom is -0.508 e. The molecule has 3 atom stereocenters. The number of nitrogens with zero attached hydrogens (tertiary/aromatic N) is 2. The molecule has 2 fully saturated rings. The third-order valence-electron chi connectivity index (χ3n) is 4.91. The van der Waals surface area contributed by atoms with E-state index in [0.717, 1.165) is 0 Å².